The number of esters is 1. The van der Waals surface area contributed by atoms with Gasteiger partial charge in [0.25, 0.3) is 0 Å². The standard InChI is InChI=1S/C17H15ClO5S/c1-11(16(19)12-7-9-13(18)10-8-12)23-17(20)14-5-3-4-6-15(14)24(2,21)22/h3-11H,1-2H3/t11-/m1/s1. The van der Waals surface area contributed by atoms with E-state index in [-0.39, 0.29) is 10.5 Å². The van der Waals surface area contributed by atoms with E-state index in [9.17, 15) is 18.0 Å². The first-order valence-corrected chi connectivity index (χ1v) is 9.27. The molecule has 0 N–H and O–H groups in total. The third-order valence-electron chi connectivity index (χ3n) is 3.29. The van der Waals surface area contributed by atoms with Gasteiger partial charge in [-0.2, -0.15) is 0 Å². The number of rotatable bonds is 5. The maximum Gasteiger partial charge on any atom is 0.340 e. The summed E-state index contributed by atoms with van der Waals surface area (Å²) in [6.45, 7) is 1.43. The van der Waals surface area contributed by atoms with Gasteiger partial charge in [0, 0.05) is 16.8 Å². The molecule has 126 valence electrons. The predicted octanol–water partition coefficient (Wildman–Crippen LogP) is 3.17. The minimum atomic E-state index is -3.59. The zero-order valence-electron chi connectivity index (χ0n) is 13.0. The Morgan fingerprint density at radius 1 is 1.04 bits per heavy atom. The zero-order valence-corrected chi connectivity index (χ0v) is 14.6. The molecule has 0 aliphatic carbocycles. The summed E-state index contributed by atoms with van der Waals surface area (Å²) in [5.74, 6) is -1.28. The molecule has 2 aromatic rings. The van der Waals surface area contributed by atoms with Crippen molar-refractivity contribution in [1.29, 1.82) is 0 Å². The van der Waals surface area contributed by atoms with E-state index in [2.05, 4.69) is 0 Å². The molecule has 2 rings (SSSR count). The van der Waals surface area contributed by atoms with E-state index in [1.165, 1.54) is 43.3 Å². The fraction of sp³-hybridized carbons (Fsp3) is 0.176. The van der Waals surface area contributed by atoms with Crippen molar-refractivity contribution in [2.75, 3.05) is 6.26 Å². The van der Waals surface area contributed by atoms with Gasteiger partial charge in [0.2, 0.25) is 5.78 Å². The largest absolute Gasteiger partial charge is 0.451 e. The molecule has 0 fully saturated rings. The predicted molar refractivity (Wildman–Crippen MR) is 90.2 cm³/mol. The van der Waals surface area contributed by atoms with Gasteiger partial charge in [0.15, 0.2) is 15.9 Å². The molecule has 2 aromatic carbocycles. The second-order valence-corrected chi connectivity index (χ2v) is 7.61. The van der Waals surface area contributed by atoms with E-state index in [4.69, 9.17) is 16.3 Å². The molecule has 0 unspecified atom stereocenters. The molecule has 0 bridgehead atoms. The van der Waals surface area contributed by atoms with Crippen LogP contribution in [0.4, 0.5) is 0 Å². The van der Waals surface area contributed by atoms with Crippen molar-refractivity contribution in [3.8, 4) is 0 Å². The van der Waals surface area contributed by atoms with E-state index in [0.29, 0.717) is 10.6 Å². The summed E-state index contributed by atoms with van der Waals surface area (Å²) in [7, 11) is -3.59. The molecule has 0 amide bonds. The summed E-state index contributed by atoms with van der Waals surface area (Å²) in [6.07, 6.45) is -0.0622. The van der Waals surface area contributed by atoms with Gasteiger partial charge >= 0.3 is 5.97 Å². The van der Waals surface area contributed by atoms with Gasteiger partial charge in [-0.1, -0.05) is 23.7 Å². The first kappa shape index (κ1) is 18.2. The molecule has 0 aliphatic heterocycles. The monoisotopic (exact) mass is 366 g/mol. The summed E-state index contributed by atoms with van der Waals surface area (Å²) in [5, 5.41) is 0.485. The van der Waals surface area contributed by atoms with Crippen molar-refractivity contribution in [2.24, 2.45) is 0 Å². The average molecular weight is 367 g/mol. The fourth-order valence-electron chi connectivity index (χ4n) is 2.09. The summed E-state index contributed by atoms with van der Waals surface area (Å²) in [4.78, 5) is 24.4. The normalized spacial score (nSPS) is 12.5. The SMILES string of the molecule is C[C@@H](OC(=O)c1ccccc1S(C)(=O)=O)C(=O)c1ccc(Cl)cc1. The summed E-state index contributed by atoms with van der Waals surface area (Å²) < 4.78 is 28.6. The molecule has 0 aromatic heterocycles. The van der Waals surface area contributed by atoms with Gasteiger partial charge in [-0.25, -0.2) is 13.2 Å². The van der Waals surface area contributed by atoms with Crippen LogP contribution in [0.5, 0.6) is 0 Å². The van der Waals surface area contributed by atoms with Crippen LogP contribution in [0.25, 0.3) is 0 Å². The van der Waals surface area contributed by atoms with Gasteiger partial charge in [-0.05, 0) is 43.3 Å². The Morgan fingerprint density at radius 3 is 2.21 bits per heavy atom. The van der Waals surface area contributed by atoms with Crippen molar-refractivity contribution in [3.05, 3.63) is 64.7 Å². The maximum absolute atomic E-state index is 12.3. The Hall–Kier alpha value is -2.18. The van der Waals surface area contributed by atoms with E-state index in [1.807, 2.05) is 0 Å². The van der Waals surface area contributed by atoms with Crippen molar-refractivity contribution in [1.82, 2.24) is 0 Å². The Bertz CT molecular complexity index is 872. The van der Waals surface area contributed by atoms with Crippen LogP contribution < -0.4 is 0 Å². The lowest BCUT2D eigenvalue weighted by Crippen LogP contribution is -2.25. The van der Waals surface area contributed by atoms with E-state index >= 15 is 0 Å². The van der Waals surface area contributed by atoms with Crippen LogP contribution in [0.1, 0.15) is 27.6 Å². The average Bonchev–Trinajstić information content (AvgIpc) is 2.54. The van der Waals surface area contributed by atoms with Crippen molar-refractivity contribution >= 4 is 33.2 Å². The number of hydrogen-bond acceptors (Lipinski definition) is 5. The van der Waals surface area contributed by atoms with Gasteiger partial charge in [-0.15, -0.1) is 0 Å². The molecule has 5 nitrogen and oxygen atoms in total. The highest BCUT2D eigenvalue weighted by Crippen LogP contribution is 2.18. The number of hydrogen-bond donors (Lipinski definition) is 0. The number of benzene rings is 2. The fourth-order valence-corrected chi connectivity index (χ4v) is 3.09. The minimum absolute atomic E-state index is 0.101. The van der Waals surface area contributed by atoms with Gasteiger partial charge < -0.3 is 4.74 Å². The highest BCUT2D eigenvalue weighted by molar-refractivity contribution is 7.90. The Kier molecular flexibility index (Phi) is 5.41. The Labute approximate surface area is 145 Å². The van der Waals surface area contributed by atoms with Crippen molar-refractivity contribution < 1.29 is 22.7 Å². The third kappa shape index (κ3) is 4.21. The number of ether oxygens (including phenoxy) is 1. The smallest absolute Gasteiger partial charge is 0.340 e. The molecule has 0 radical (unpaired) electrons. The van der Waals surface area contributed by atoms with Gasteiger partial charge in [-0.3, -0.25) is 4.79 Å². The van der Waals surface area contributed by atoms with Crippen molar-refractivity contribution in [2.45, 2.75) is 17.9 Å². The summed E-state index contributed by atoms with van der Waals surface area (Å²) >= 11 is 5.77. The van der Waals surface area contributed by atoms with Crippen molar-refractivity contribution in [3.63, 3.8) is 0 Å². The molecule has 7 heteroatoms. The van der Waals surface area contributed by atoms with Crippen LogP contribution >= 0.6 is 11.6 Å². The maximum atomic E-state index is 12.3. The molecule has 1 atom stereocenters. The lowest BCUT2D eigenvalue weighted by molar-refractivity contribution is 0.0315. The first-order chi connectivity index (χ1) is 11.2. The number of sulfone groups is 1. The quantitative estimate of drug-likeness (QED) is 0.600. The zero-order chi connectivity index (χ0) is 17.9. The van der Waals surface area contributed by atoms with Crippen LogP contribution in [-0.4, -0.2) is 32.5 Å². The van der Waals surface area contributed by atoms with Crippen LogP contribution in [0.3, 0.4) is 0 Å². The highest BCUT2D eigenvalue weighted by atomic mass is 35.5. The van der Waals surface area contributed by atoms with Crippen LogP contribution in [0, 0.1) is 0 Å². The molecule has 0 spiro atoms. The second kappa shape index (κ2) is 7.15. The molecule has 0 saturated heterocycles. The Morgan fingerprint density at radius 2 is 1.62 bits per heavy atom. The number of carbonyl (C=O) groups excluding carboxylic acids is 2. The highest BCUT2D eigenvalue weighted by Gasteiger charge is 2.24. The van der Waals surface area contributed by atoms with E-state index < -0.39 is 27.7 Å². The van der Waals surface area contributed by atoms with Gasteiger partial charge in [0.1, 0.15) is 0 Å². The van der Waals surface area contributed by atoms with Crippen LogP contribution in [0.2, 0.25) is 5.02 Å². The molecular weight excluding hydrogens is 352 g/mol. The van der Waals surface area contributed by atoms with Crippen LogP contribution in [0.15, 0.2) is 53.4 Å². The number of carbonyl (C=O) groups is 2. The molecule has 0 heterocycles. The number of ketones is 1. The lowest BCUT2D eigenvalue weighted by atomic mass is 10.1. The summed E-state index contributed by atoms with van der Waals surface area (Å²) in [5.41, 5.74) is 0.242. The number of halogens is 1. The molecule has 0 aliphatic rings. The van der Waals surface area contributed by atoms with Crippen LogP contribution in [-0.2, 0) is 14.6 Å². The third-order valence-corrected chi connectivity index (χ3v) is 4.70. The molecular formula is C17H15ClO5S. The van der Waals surface area contributed by atoms with E-state index in [0.717, 1.165) is 6.26 Å². The molecule has 0 saturated carbocycles. The molecule has 24 heavy (non-hydrogen) atoms. The number of Topliss-reactive ketones (excluding diaryl/α,β-unsaturated/α-hetero) is 1. The first-order valence-electron chi connectivity index (χ1n) is 7.00. The Balaban J connectivity index is 2.21. The minimum Gasteiger partial charge on any atom is -0.451 e. The topological polar surface area (TPSA) is 77.5 Å². The summed E-state index contributed by atoms with van der Waals surface area (Å²) in [6, 6.07) is 11.9. The van der Waals surface area contributed by atoms with Gasteiger partial charge in [0.05, 0.1) is 10.5 Å². The second-order valence-electron chi connectivity index (χ2n) is 5.19. The van der Waals surface area contributed by atoms with E-state index in [1.54, 1.807) is 12.1 Å². The lowest BCUT2D eigenvalue weighted by Gasteiger charge is -2.14.